The molecule has 1 aromatic carbocycles. The fourth-order valence-electron chi connectivity index (χ4n) is 3.11. The fourth-order valence-corrected chi connectivity index (χ4v) is 3.11. The number of hydrogen-bond acceptors (Lipinski definition) is 5. The van der Waals surface area contributed by atoms with Crippen molar-refractivity contribution in [1.29, 1.82) is 10.5 Å². The van der Waals surface area contributed by atoms with Crippen molar-refractivity contribution in [3.8, 4) is 12.1 Å². The highest BCUT2D eigenvalue weighted by Gasteiger charge is 2.39. The quantitative estimate of drug-likeness (QED) is 0.680. The number of nitriles is 2. The van der Waals surface area contributed by atoms with Crippen LogP contribution in [0, 0.1) is 44.6 Å². The molecule has 2 atom stereocenters. The molecule has 114 valence electrons. The first-order valence-electron chi connectivity index (χ1n) is 7.33. The summed E-state index contributed by atoms with van der Waals surface area (Å²) in [4.78, 5) is 10.8. The Kier molecular flexibility index (Phi) is 3.59. The molecular weight excluding hydrogens is 292 g/mol. The molecule has 6 nitrogen and oxygen atoms in total. The van der Waals surface area contributed by atoms with Gasteiger partial charge in [-0.05, 0) is 24.3 Å². The zero-order valence-electron chi connectivity index (χ0n) is 12.3. The molecule has 3 rings (SSSR count). The van der Waals surface area contributed by atoms with E-state index < -0.39 is 16.8 Å². The van der Waals surface area contributed by atoms with Crippen molar-refractivity contribution < 1.29 is 4.92 Å². The summed E-state index contributed by atoms with van der Waals surface area (Å²) >= 11 is 0. The average molecular weight is 306 g/mol. The molecule has 6 heteroatoms. The Bertz CT molecular complexity index is 822. The molecule has 2 N–H and O–H groups in total. The van der Waals surface area contributed by atoms with Crippen LogP contribution in [0.4, 0.5) is 5.69 Å². The highest BCUT2D eigenvalue weighted by molar-refractivity contribution is 5.57. The van der Waals surface area contributed by atoms with Crippen molar-refractivity contribution in [1.82, 2.24) is 0 Å². The SMILES string of the molecule is N#CC1=C(N)C(C#N)C(c2ccccc2[N+](=O)[O-])C=C1C1CC1. The number of nitro benzene ring substituents is 1. The number of para-hydroxylation sites is 1. The number of nitrogens with two attached hydrogens (primary N) is 1. The summed E-state index contributed by atoms with van der Waals surface area (Å²) in [5, 5.41) is 30.2. The van der Waals surface area contributed by atoms with E-state index in [9.17, 15) is 20.6 Å². The van der Waals surface area contributed by atoms with Crippen molar-refractivity contribution in [2.75, 3.05) is 0 Å². The fraction of sp³-hybridized carbons (Fsp3) is 0.294. The number of nitro groups is 1. The van der Waals surface area contributed by atoms with Crippen LogP contribution in [0.1, 0.15) is 24.3 Å². The van der Waals surface area contributed by atoms with Crippen LogP contribution in [0.3, 0.4) is 0 Å². The standard InChI is InChI=1S/C17H14N4O2/c18-8-14-12(10-5-6-10)7-13(15(9-19)17(14)20)11-3-1-2-4-16(11)21(22)23/h1-4,7,10,13,15H,5-6,20H2. The van der Waals surface area contributed by atoms with Gasteiger partial charge >= 0.3 is 0 Å². The molecule has 2 aliphatic carbocycles. The summed E-state index contributed by atoms with van der Waals surface area (Å²) in [7, 11) is 0. The second-order valence-corrected chi connectivity index (χ2v) is 5.79. The van der Waals surface area contributed by atoms with E-state index in [0.29, 0.717) is 11.1 Å². The Morgan fingerprint density at radius 2 is 1.96 bits per heavy atom. The lowest BCUT2D eigenvalue weighted by Gasteiger charge is -2.27. The van der Waals surface area contributed by atoms with Crippen LogP contribution in [-0.4, -0.2) is 4.92 Å². The topological polar surface area (TPSA) is 117 Å². The smallest absolute Gasteiger partial charge is 0.273 e. The lowest BCUT2D eigenvalue weighted by Crippen LogP contribution is -2.25. The molecule has 0 spiro atoms. The van der Waals surface area contributed by atoms with E-state index in [1.807, 2.05) is 6.08 Å². The Balaban J connectivity index is 2.16. The van der Waals surface area contributed by atoms with Crippen molar-refractivity contribution >= 4 is 5.69 Å². The van der Waals surface area contributed by atoms with Crippen LogP contribution in [0.15, 0.2) is 47.2 Å². The minimum atomic E-state index is -0.770. The molecule has 1 aromatic rings. The Hall–Kier alpha value is -3.12. The molecular formula is C17H14N4O2. The van der Waals surface area contributed by atoms with Crippen LogP contribution in [0.2, 0.25) is 0 Å². The third-order valence-corrected chi connectivity index (χ3v) is 4.39. The molecule has 0 aliphatic heterocycles. The summed E-state index contributed by atoms with van der Waals surface area (Å²) in [6.07, 6.45) is 3.79. The van der Waals surface area contributed by atoms with Gasteiger partial charge in [0.25, 0.3) is 5.69 Å². The van der Waals surface area contributed by atoms with Crippen LogP contribution in [0.5, 0.6) is 0 Å². The summed E-state index contributed by atoms with van der Waals surface area (Å²) in [5.74, 6) is -1.00. The van der Waals surface area contributed by atoms with E-state index in [0.717, 1.165) is 18.4 Å². The van der Waals surface area contributed by atoms with Gasteiger partial charge in [0.15, 0.2) is 0 Å². The van der Waals surface area contributed by atoms with Gasteiger partial charge in [-0.2, -0.15) is 10.5 Å². The molecule has 2 aliphatic rings. The molecule has 0 aromatic heterocycles. The first kappa shape index (κ1) is 14.8. The lowest BCUT2D eigenvalue weighted by molar-refractivity contribution is -0.385. The molecule has 0 heterocycles. The summed E-state index contributed by atoms with van der Waals surface area (Å²) < 4.78 is 0. The monoisotopic (exact) mass is 306 g/mol. The van der Waals surface area contributed by atoms with E-state index in [-0.39, 0.29) is 17.3 Å². The summed E-state index contributed by atoms with van der Waals surface area (Å²) in [6.45, 7) is 0. The first-order valence-corrected chi connectivity index (χ1v) is 7.33. The lowest BCUT2D eigenvalue weighted by atomic mass is 9.75. The van der Waals surface area contributed by atoms with E-state index in [1.54, 1.807) is 18.2 Å². The Morgan fingerprint density at radius 1 is 1.26 bits per heavy atom. The molecule has 23 heavy (non-hydrogen) atoms. The van der Waals surface area contributed by atoms with Gasteiger partial charge < -0.3 is 5.73 Å². The van der Waals surface area contributed by atoms with Gasteiger partial charge in [0.2, 0.25) is 0 Å². The van der Waals surface area contributed by atoms with Crippen molar-refractivity contribution in [3.05, 3.63) is 62.9 Å². The number of benzene rings is 1. The third-order valence-electron chi connectivity index (χ3n) is 4.39. The van der Waals surface area contributed by atoms with Crippen LogP contribution in [0.25, 0.3) is 0 Å². The highest BCUT2D eigenvalue weighted by Crippen LogP contribution is 2.48. The van der Waals surface area contributed by atoms with Gasteiger partial charge in [0, 0.05) is 23.2 Å². The van der Waals surface area contributed by atoms with E-state index >= 15 is 0 Å². The van der Waals surface area contributed by atoms with Crippen LogP contribution < -0.4 is 5.73 Å². The van der Waals surface area contributed by atoms with Crippen molar-refractivity contribution in [2.45, 2.75) is 18.8 Å². The Morgan fingerprint density at radius 3 is 2.52 bits per heavy atom. The van der Waals surface area contributed by atoms with Gasteiger partial charge in [-0.25, -0.2) is 0 Å². The predicted molar refractivity (Wildman–Crippen MR) is 82.6 cm³/mol. The number of hydrogen-bond donors (Lipinski definition) is 1. The Labute approximate surface area is 133 Å². The van der Waals surface area contributed by atoms with Crippen LogP contribution in [-0.2, 0) is 0 Å². The normalized spacial score (nSPS) is 23.7. The molecule has 0 amide bonds. The first-order chi connectivity index (χ1) is 11.1. The van der Waals surface area contributed by atoms with E-state index in [2.05, 4.69) is 12.1 Å². The molecule has 1 fully saturated rings. The molecule has 0 bridgehead atoms. The average Bonchev–Trinajstić information content (AvgIpc) is 3.38. The number of allylic oxidation sites excluding steroid dienone is 4. The van der Waals surface area contributed by atoms with Gasteiger partial charge in [0.1, 0.15) is 6.07 Å². The maximum Gasteiger partial charge on any atom is 0.273 e. The molecule has 1 saturated carbocycles. The minimum absolute atomic E-state index is 0.0302. The van der Waals surface area contributed by atoms with Gasteiger partial charge in [-0.1, -0.05) is 24.3 Å². The summed E-state index contributed by atoms with van der Waals surface area (Å²) in [5.41, 5.74) is 7.94. The zero-order valence-corrected chi connectivity index (χ0v) is 12.3. The minimum Gasteiger partial charge on any atom is -0.400 e. The second kappa shape index (κ2) is 5.58. The van der Waals surface area contributed by atoms with Gasteiger partial charge in [0.05, 0.1) is 22.5 Å². The number of nitrogens with zero attached hydrogens (tertiary/aromatic N) is 3. The van der Waals surface area contributed by atoms with Gasteiger partial charge in [-0.3, -0.25) is 10.1 Å². The van der Waals surface area contributed by atoms with Crippen molar-refractivity contribution in [3.63, 3.8) is 0 Å². The largest absolute Gasteiger partial charge is 0.400 e. The van der Waals surface area contributed by atoms with E-state index in [4.69, 9.17) is 5.73 Å². The predicted octanol–water partition coefficient (Wildman–Crippen LogP) is 2.90. The zero-order chi connectivity index (χ0) is 16.6. The third kappa shape index (κ3) is 2.45. The maximum atomic E-state index is 11.3. The van der Waals surface area contributed by atoms with Gasteiger partial charge in [-0.15, -0.1) is 0 Å². The molecule has 0 saturated heterocycles. The maximum absolute atomic E-state index is 11.3. The molecule has 0 radical (unpaired) electrons. The van der Waals surface area contributed by atoms with Crippen molar-refractivity contribution in [2.24, 2.45) is 17.6 Å². The molecule has 2 unspecified atom stereocenters. The number of rotatable bonds is 3. The second-order valence-electron chi connectivity index (χ2n) is 5.79. The summed E-state index contributed by atoms with van der Waals surface area (Å²) in [6, 6.07) is 10.6. The van der Waals surface area contributed by atoms with Crippen LogP contribution >= 0.6 is 0 Å². The highest BCUT2D eigenvalue weighted by atomic mass is 16.6. The van der Waals surface area contributed by atoms with E-state index in [1.165, 1.54) is 6.07 Å².